The van der Waals surface area contributed by atoms with Crippen molar-refractivity contribution in [2.24, 2.45) is 0 Å². The average Bonchev–Trinajstić information content (AvgIpc) is 2.78. The van der Waals surface area contributed by atoms with Crippen LogP contribution < -0.4 is 4.74 Å². The summed E-state index contributed by atoms with van der Waals surface area (Å²) in [6, 6.07) is 12.0. The summed E-state index contributed by atoms with van der Waals surface area (Å²) in [5.74, 6) is -0.624. The fourth-order valence-corrected chi connectivity index (χ4v) is 4.33. The van der Waals surface area contributed by atoms with E-state index in [4.69, 9.17) is 9.84 Å². The minimum absolute atomic E-state index is 0.160. The van der Waals surface area contributed by atoms with Crippen LogP contribution in [0.1, 0.15) is 66.2 Å². The lowest BCUT2D eigenvalue weighted by atomic mass is 9.70. The van der Waals surface area contributed by atoms with E-state index >= 15 is 0 Å². The number of amides is 1. The van der Waals surface area contributed by atoms with Crippen molar-refractivity contribution in [2.75, 3.05) is 20.2 Å². The summed E-state index contributed by atoms with van der Waals surface area (Å²) < 4.78 is 5.82. The Labute approximate surface area is 202 Å². The van der Waals surface area contributed by atoms with E-state index in [2.05, 4.69) is 32.6 Å². The third kappa shape index (κ3) is 5.86. The standard InChI is InChI=1S/C28H37NO5/c1-8-28(9-2,22-11-13-25(20(6)15-22)34-17-24(30)18(3)4)21-10-12-23(19(5)14-21)27(33)29(7)16-26(31)32/h10-15,24,30H,3,8-9,16-17H2,1-2,4-7H3,(H,31,32)/t24-/m0/s1. The first-order chi connectivity index (χ1) is 16.0. The molecule has 0 radical (unpaired) electrons. The zero-order chi connectivity index (χ0) is 25.6. The number of carboxylic acid groups (broad SMARTS) is 1. The van der Waals surface area contributed by atoms with Crippen molar-refractivity contribution in [1.29, 1.82) is 0 Å². The zero-order valence-corrected chi connectivity index (χ0v) is 21.1. The second-order valence-electron chi connectivity index (χ2n) is 9.03. The second-order valence-corrected chi connectivity index (χ2v) is 9.03. The number of ether oxygens (including phenoxy) is 1. The first-order valence-corrected chi connectivity index (χ1v) is 11.6. The molecule has 0 aliphatic rings. The smallest absolute Gasteiger partial charge is 0.323 e. The highest BCUT2D eigenvalue weighted by molar-refractivity contribution is 5.97. The maximum absolute atomic E-state index is 12.7. The number of carbonyl (C=O) groups excluding carboxylic acids is 1. The van der Waals surface area contributed by atoms with Crippen LogP contribution in [0.3, 0.4) is 0 Å². The first-order valence-electron chi connectivity index (χ1n) is 11.6. The first kappa shape index (κ1) is 27.1. The summed E-state index contributed by atoms with van der Waals surface area (Å²) in [6.07, 6.45) is 1.02. The molecular weight excluding hydrogens is 430 g/mol. The molecule has 6 heteroatoms. The average molecular weight is 468 g/mol. The molecule has 0 bridgehead atoms. The van der Waals surface area contributed by atoms with Gasteiger partial charge in [0.25, 0.3) is 5.91 Å². The Kier molecular flexibility index (Phi) is 9.05. The van der Waals surface area contributed by atoms with E-state index in [1.165, 1.54) is 11.9 Å². The monoisotopic (exact) mass is 467 g/mol. The van der Waals surface area contributed by atoms with Crippen molar-refractivity contribution in [3.8, 4) is 5.75 Å². The van der Waals surface area contributed by atoms with E-state index < -0.39 is 12.1 Å². The van der Waals surface area contributed by atoms with Gasteiger partial charge in [-0.1, -0.05) is 44.7 Å². The molecule has 1 atom stereocenters. The highest BCUT2D eigenvalue weighted by Gasteiger charge is 2.32. The van der Waals surface area contributed by atoms with E-state index in [-0.39, 0.29) is 24.5 Å². The van der Waals surface area contributed by atoms with Crippen LogP contribution in [0.15, 0.2) is 48.6 Å². The highest BCUT2D eigenvalue weighted by Crippen LogP contribution is 2.41. The molecule has 1 amide bonds. The van der Waals surface area contributed by atoms with Crippen molar-refractivity contribution in [1.82, 2.24) is 4.90 Å². The maximum atomic E-state index is 12.7. The lowest BCUT2D eigenvalue weighted by Crippen LogP contribution is -2.32. The van der Waals surface area contributed by atoms with Crippen LogP contribution in [-0.4, -0.2) is 53.3 Å². The molecule has 0 unspecified atom stereocenters. The minimum Gasteiger partial charge on any atom is -0.490 e. The van der Waals surface area contributed by atoms with Gasteiger partial charge < -0.3 is 19.8 Å². The van der Waals surface area contributed by atoms with E-state index in [0.29, 0.717) is 11.1 Å². The van der Waals surface area contributed by atoms with Gasteiger partial charge in [-0.3, -0.25) is 9.59 Å². The van der Waals surface area contributed by atoms with Crippen LogP contribution in [0.2, 0.25) is 0 Å². The van der Waals surface area contributed by atoms with Crippen molar-refractivity contribution < 1.29 is 24.5 Å². The van der Waals surface area contributed by atoms with Gasteiger partial charge in [0.05, 0.1) is 0 Å². The number of benzene rings is 2. The van der Waals surface area contributed by atoms with Crippen molar-refractivity contribution in [3.05, 3.63) is 76.4 Å². The SMILES string of the molecule is C=C(C)[C@@H](O)COc1ccc(C(CC)(CC)c2ccc(C(=O)N(C)CC(=O)O)c(C)c2)cc1C. The molecule has 34 heavy (non-hydrogen) atoms. The maximum Gasteiger partial charge on any atom is 0.323 e. The number of rotatable bonds is 11. The molecule has 0 spiro atoms. The molecule has 2 aromatic rings. The molecule has 0 heterocycles. The summed E-state index contributed by atoms with van der Waals surface area (Å²) in [4.78, 5) is 24.9. The Balaban J connectivity index is 2.40. The molecule has 0 saturated heterocycles. The topological polar surface area (TPSA) is 87.1 Å². The number of carbonyl (C=O) groups is 2. The van der Waals surface area contributed by atoms with Crippen LogP contribution in [0, 0.1) is 13.8 Å². The van der Waals surface area contributed by atoms with Crippen molar-refractivity contribution in [2.45, 2.75) is 59.0 Å². The van der Waals surface area contributed by atoms with E-state index in [0.717, 1.165) is 40.8 Å². The predicted molar refractivity (Wildman–Crippen MR) is 135 cm³/mol. The number of aryl methyl sites for hydroxylation is 2. The van der Waals surface area contributed by atoms with E-state index in [1.807, 2.05) is 32.0 Å². The van der Waals surface area contributed by atoms with Gasteiger partial charge in [0.2, 0.25) is 0 Å². The number of hydrogen-bond donors (Lipinski definition) is 2. The van der Waals surface area contributed by atoms with Crippen LogP contribution in [0.25, 0.3) is 0 Å². The highest BCUT2D eigenvalue weighted by atomic mass is 16.5. The second kappa shape index (κ2) is 11.3. The lowest BCUT2D eigenvalue weighted by molar-refractivity contribution is -0.137. The predicted octanol–water partition coefficient (Wildman–Crippen LogP) is 4.88. The van der Waals surface area contributed by atoms with Crippen LogP contribution in [0.5, 0.6) is 5.75 Å². The molecular formula is C28H37NO5. The molecule has 0 fully saturated rings. The summed E-state index contributed by atoms with van der Waals surface area (Å²) in [5, 5.41) is 19.0. The molecule has 184 valence electrons. The molecule has 0 aliphatic carbocycles. The normalized spacial score (nSPS) is 12.2. The molecule has 2 N–H and O–H groups in total. The number of aliphatic hydroxyl groups is 1. The van der Waals surface area contributed by atoms with Crippen molar-refractivity contribution >= 4 is 11.9 Å². The number of hydrogen-bond acceptors (Lipinski definition) is 4. The fraction of sp³-hybridized carbons (Fsp3) is 0.429. The quantitative estimate of drug-likeness (QED) is 0.460. The van der Waals surface area contributed by atoms with E-state index in [9.17, 15) is 14.7 Å². The molecule has 6 nitrogen and oxygen atoms in total. The fourth-order valence-electron chi connectivity index (χ4n) is 4.33. The van der Waals surface area contributed by atoms with Gasteiger partial charge in [0, 0.05) is 18.0 Å². The third-order valence-corrected chi connectivity index (χ3v) is 6.63. The number of likely N-dealkylation sites (N-methyl/N-ethyl adjacent to an activating group) is 1. The Hall–Kier alpha value is -3.12. The third-order valence-electron chi connectivity index (χ3n) is 6.63. The van der Waals surface area contributed by atoms with Crippen LogP contribution in [0.4, 0.5) is 0 Å². The largest absolute Gasteiger partial charge is 0.490 e. The minimum atomic E-state index is -1.04. The number of aliphatic carboxylic acids is 1. The Morgan fingerprint density at radius 1 is 1.06 bits per heavy atom. The van der Waals surface area contributed by atoms with Gasteiger partial charge in [0.1, 0.15) is 25.0 Å². The Morgan fingerprint density at radius 3 is 2.09 bits per heavy atom. The Bertz CT molecular complexity index is 1050. The Morgan fingerprint density at radius 2 is 1.62 bits per heavy atom. The van der Waals surface area contributed by atoms with Gasteiger partial charge in [-0.25, -0.2) is 0 Å². The molecule has 2 aromatic carbocycles. The summed E-state index contributed by atoms with van der Waals surface area (Å²) in [7, 11) is 1.49. The summed E-state index contributed by atoms with van der Waals surface area (Å²) in [6.45, 7) is 13.5. The van der Waals surface area contributed by atoms with Gasteiger partial charge in [-0.05, 0) is 73.6 Å². The van der Waals surface area contributed by atoms with Crippen LogP contribution >= 0.6 is 0 Å². The summed E-state index contributed by atoms with van der Waals surface area (Å²) >= 11 is 0. The van der Waals surface area contributed by atoms with Crippen molar-refractivity contribution in [3.63, 3.8) is 0 Å². The molecule has 0 aromatic heterocycles. The number of carboxylic acids is 1. The molecule has 0 saturated carbocycles. The number of aliphatic hydroxyl groups excluding tert-OH is 1. The summed E-state index contributed by atoms with van der Waals surface area (Å²) in [5.41, 5.74) is 4.98. The number of nitrogens with zero attached hydrogens (tertiary/aromatic N) is 1. The van der Waals surface area contributed by atoms with Gasteiger partial charge in [-0.2, -0.15) is 0 Å². The van der Waals surface area contributed by atoms with Crippen LogP contribution in [-0.2, 0) is 10.2 Å². The molecule has 2 rings (SSSR count). The zero-order valence-electron chi connectivity index (χ0n) is 21.1. The van der Waals surface area contributed by atoms with Gasteiger partial charge in [-0.15, -0.1) is 0 Å². The van der Waals surface area contributed by atoms with Gasteiger partial charge in [0.15, 0.2) is 0 Å². The molecule has 0 aliphatic heterocycles. The van der Waals surface area contributed by atoms with E-state index in [1.54, 1.807) is 13.0 Å². The van der Waals surface area contributed by atoms with Gasteiger partial charge >= 0.3 is 5.97 Å². The lowest BCUT2D eigenvalue weighted by Gasteiger charge is -2.34.